The van der Waals surface area contributed by atoms with Gasteiger partial charge in [0.25, 0.3) is 5.09 Å². The minimum absolute atomic E-state index is 0.0802. The van der Waals surface area contributed by atoms with Gasteiger partial charge >= 0.3 is 28.5 Å². The van der Waals surface area contributed by atoms with Crippen molar-refractivity contribution < 1.29 is 71.1 Å². The molecule has 1 aliphatic heterocycles. The molecule has 1 aromatic carbocycles. The van der Waals surface area contributed by atoms with Gasteiger partial charge in [0.05, 0.1) is 5.57 Å². The molecule has 2 atom stereocenters. The lowest BCUT2D eigenvalue weighted by atomic mass is 9.99. The van der Waals surface area contributed by atoms with E-state index >= 15 is 0 Å². The normalized spacial score (nSPS) is 18.3. The van der Waals surface area contributed by atoms with Crippen LogP contribution in [0.1, 0.15) is 18.1 Å². The molecule has 0 saturated heterocycles. The average Bonchev–Trinajstić information content (AvgIpc) is 2.67. The third kappa shape index (κ3) is 7.49. The maximum absolute atomic E-state index is 13.5. The first-order valence-corrected chi connectivity index (χ1v) is 11.2. The summed E-state index contributed by atoms with van der Waals surface area (Å²) in [6, 6.07) is -0.253. The van der Waals surface area contributed by atoms with E-state index in [9.17, 15) is 52.3 Å². The van der Waals surface area contributed by atoms with Gasteiger partial charge in [0.1, 0.15) is 23.9 Å². The number of carbonyl (C=O) groups is 2. The summed E-state index contributed by atoms with van der Waals surface area (Å²) in [6.07, 6.45) is -11.7. The van der Waals surface area contributed by atoms with E-state index in [1.807, 2.05) is 0 Å². The van der Waals surface area contributed by atoms with Gasteiger partial charge in [-0.3, -0.25) is 0 Å². The molecule has 0 fully saturated rings. The van der Waals surface area contributed by atoms with Crippen LogP contribution in [0.25, 0.3) is 6.08 Å². The summed E-state index contributed by atoms with van der Waals surface area (Å²) in [6.45, 7) is 0.242. The number of nitrogens with zero attached hydrogens (tertiary/aromatic N) is 1. The topological polar surface area (TPSA) is 123 Å². The lowest BCUT2D eigenvalue weighted by Gasteiger charge is -2.41. The summed E-state index contributed by atoms with van der Waals surface area (Å²) in [7, 11) is -10.3. The lowest BCUT2D eigenvalue weighted by Crippen LogP contribution is -2.41. The van der Waals surface area contributed by atoms with E-state index < -0.39 is 86.6 Å². The molecule has 0 aliphatic carbocycles. The molecule has 19 heteroatoms. The van der Waals surface area contributed by atoms with Crippen molar-refractivity contribution >= 4 is 28.4 Å². The molecule has 204 valence electrons. The van der Waals surface area contributed by atoms with E-state index in [2.05, 4.69) is 23.8 Å². The van der Waals surface area contributed by atoms with Crippen LogP contribution in [-0.2, 0) is 23.8 Å². The van der Waals surface area contributed by atoms with Gasteiger partial charge < -0.3 is 23.8 Å². The third-order valence-corrected chi connectivity index (χ3v) is 5.25. The Bertz CT molecular complexity index is 1110. The third-order valence-electron chi connectivity index (χ3n) is 4.12. The Morgan fingerprint density at radius 1 is 1.14 bits per heavy atom. The number of fused-ring (bicyclic) bond motifs is 1. The predicted molar refractivity (Wildman–Crippen MR) is 102 cm³/mol. The number of halogens is 8. The number of ether oxygens (including phenoxy) is 4. The summed E-state index contributed by atoms with van der Waals surface area (Å²) in [5, 5.41) is 8.75. The van der Waals surface area contributed by atoms with Gasteiger partial charge in [-0.25, -0.2) is 9.59 Å². The van der Waals surface area contributed by atoms with Crippen LogP contribution in [0.4, 0.5) is 37.4 Å². The molecular weight excluding hydrogens is 546 g/mol. The van der Waals surface area contributed by atoms with Crippen molar-refractivity contribution in [3.63, 3.8) is 0 Å². The summed E-state index contributed by atoms with van der Waals surface area (Å²) < 4.78 is 125. The standard InChI is InChI=1S/C17H15F8NO9S/c1-8-5-11(36(21,22,23,24)25)6-10-7-12(14(17(18,19)20)35-13(8)10)15(27)33-9(2)34-16(28)31-3-4-32-26(29)30/h5-7,9,14H,3-4H2,1-2H3/t9?,14-/m0/s1. The highest BCUT2D eigenvalue weighted by atomic mass is 32.5. The molecule has 2 rings (SSSR count). The van der Waals surface area contributed by atoms with Crippen molar-refractivity contribution in [3.05, 3.63) is 38.9 Å². The first-order chi connectivity index (χ1) is 16.1. The maximum atomic E-state index is 13.5. The van der Waals surface area contributed by atoms with Crippen LogP contribution in [0.15, 0.2) is 22.6 Å². The Balaban J connectivity index is 2.29. The first kappa shape index (κ1) is 28.7. The minimum atomic E-state index is -10.3. The zero-order valence-electron chi connectivity index (χ0n) is 17.9. The monoisotopic (exact) mass is 561 g/mol. The molecule has 0 aromatic heterocycles. The Kier molecular flexibility index (Phi) is 7.07. The quantitative estimate of drug-likeness (QED) is 0.0995. The fourth-order valence-electron chi connectivity index (χ4n) is 2.74. The molecule has 1 unspecified atom stereocenters. The zero-order chi connectivity index (χ0) is 27.8. The number of benzene rings is 1. The van der Waals surface area contributed by atoms with Crippen molar-refractivity contribution in [3.8, 4) is 5.75 Å². The predicted octanol–water partition coefficient (Wildman–Crippen LogP) is 5.61. The number of hydrogen-bond acceptors (Lipinski definition) is 9. The summed E-state index contributed by atoms with van der Waals surface area (Å²) in [5.74, 6) is -2.71. The second-order valence-electron chi connectivity index (χ2n) is 7.01. The number of hydrogen-bond donors (Lipinski definition) is 0. The average molecular weight is 561 g/mol. The van der Waals surface area contributed by atoms with E-state index in [1.165, 1.54) is 0 Å². The summed E-state index contributed by atoms with van der Waals surface area (Å²) in [4.78, 5) is 35.1. The number of rotatable bonds is 8. The van der Waals surface area contributed by atoms with Crippen molar-refractivity contribution in [1.29, 1.82) is 0 Å². The Labute approximate surface area is 195 Å². The molecule has 1 heterocycles. The molecular formula is C17H15F8NO9S. The van der Waals surface area contributed by atoms with Crippen molar-refractivity contribution in [2.75, 3.05) is 13.2 Å². The molecule has 10 nitrogen and oxygen atoms in total. The van der Waals surface area contributed by atoms with Crippen LogP contribution in [-0.4, -0.2) is 49.0 Å². The molecule has 0 amide bonds. The van der Waals surface area contributed by atoms with Crippen molar-refractivity contribution in [2.45, 2.75) is 37.3 Å². The highest BCUT2D eigenvalue weighted by Gasteiger charge is 2.65. The van der Waals surface area contributed by atoms with Gasteiger partial charge in [0.2, 0.25) is 12.4 Å². The van der Waals surface area contributed by atoms with Crippen LogP contribution >= 0.6 is 10.2 Å². The fraction of sp³-hybridized carbons (Fsp3) is 0.412. The highest BCUT2D eigenvalue weighted by molar-refractivity contribution is 8.45. The molecule has 36 heavy (non-hydrogen) atoms. The summed E-state index contributed by atoms with van der Waals surface area (Å²) >= 11 is 0. The zero-order valence-corrected chi connectivity index (χ0v) is 18.7. The second kappa shape index (κ2) is 8.86. The van der Waals surface area contributed by atoms with Crippen LogP contribution in [0.3, 0.4) is 0 Å². The molecule has 0 saturated carbocycles. The Morgan fingerprint density at radius 3 is 2.28 bits per heavy atom. The Hall–Kier alpha value is -3.51. The van der Waals surface area contributed by atoms with Crippen molar-refractivity contribution in [1.82, 2.24) is 0 Å². The van der Waals surface area contributed by atoms with E-state index in [-0.39, 0.29) is 18.2 Å². The largest absolute Gasteiger partial charge is 0.511 e. The van der Waals surface area contributed by atoms with E-state index in [0.717, 1.165) is 13.8 Å². The van der Waals surface area contributed by atoms with Gasteiger partial charge in [-0.05, 0) is 30.7 Å². The molecule has 1 aromatic rings. The number of carbonyl (C=O) groups excluding carboxylic acids is 2. The van der Waals surface area contributed by atoms with Gasteiger partial charge in [-0.15, -0.1) is 10.1 Å². The van der Waals surface area contributed by atoms with E-state index in [0.29, 0.717) is 0 Å². The second-order valence-corrected chi connectivity index (χ2v) is 9.42. The van der Waals surface area contributed by atoms with Gasteiger partial charge in [-0.1, -0.05) is 19.4 Å². The minimum Gasteiger partial charge on any atom is -0.475 e. The number of alkyl halides is 3. The number of aryl methyl sites for hydroxylation is 1. The molecule has 1 aliphatic rings. The molecule has 0 bridgehead atoms. The van der Waals surface area contributed by atoms with Gasteiger partial charge in [0.15, 0.2) is 0 Å². The van der Waals surface area contributed by atoms with Crippen molar-refractivity contribution in [2.24, 2.45) is 0 Å². The highest BCUT2D eigenvalue weighted by Crippen LogP contribution is 3.02. The molecule has 0 N–H and O–H groups in total. The Morgan fingerprint density at radius 2 is 1.75 bits per heavy atom. The van der Waals surface area contributed by atoms with Crippen LogP contribution in [0, 0.1) is 17.0 Å². The van der Waals surface area contributed by atoms with Crippen LogP contribution < -0.4 is 4.74 Å². The smallest absolute Gasteiger partial charge is 0.475 e. The SMILES string of the molecule is Cc1cc(S(F)(F)(F)(F)F)cc2c1O[C@H](C(F)(F)F)C(C(=O)OC(C)OC(=O)OCCO[N+](=O)[O-])=C2. The van der Waals surface area contributed by atoms with E-state index in [1.54, 1.807) is 0 Å². The first-order valence-electron chi connectivity index (χ1n) is 9.24. The molecule has 0 spiro atoms. The number of esters is 1. The summed E-state index contributed by atoms with van der Waals surface area (Å²) in [5.41, 5.74) is -3.06. The maximum Gasteiger partial charge on any atom is 0.511 e. The molecule has 0 radical (unpaired) electrons. The fourth-order valence-corrected chi connectivity index (χ4v) is 3.49. The van der Waals surface area contributed by atoms with Crippen LogP contribution in [0.5, 0.6) is 5.75 Å². The van der Waals surface area contributed by atoms with E-state index in [4.69, 9.17) is 0 Å². The van der Waals surface area contributed by atoms with Crippen LogP contribution in [0.2, 0.25) is 0 Å². The van der Waals surface area contributed by atoms with Gasteiger partial charge in [-0.2, -0.15) is 13.2 Å². The lowest BCUT2D eigenvalue weighted by molar-refractivity contribution is -0.757. The van der Waals surface area contributed by atoms with Gasteiger partial charge in [0, 0.05) is 12.5 Å².